The van der Waals surface area contributed by atoms with Crippen molar-refractivity contribution in [1.82, 2.24) is 14.4 Å². The van der Waals surface area contributed by atoms with E-state index in [2.05, 4.69) is 73.6 Å². The minimum atomic E-state index is -0.843. The summed E-state index contributed by atoms with van der Waals surface area (Å²) in [6, 6.07) is 20.5. The van der Waals surface area contributed by atoms with Crippen LogP contribution in [-0.4, -0.2) is 85.0 Å². The van der Waals surface area contributed by atoms with E-state index in [1.807, 2.05) is 29.2 Å². The lowest BCUT2D eigenvalue weighted by atomic mass is 9.90. The van der Waals surface area contributed by atoms with Gasteiger partial charge in [-0.25, -0.2) is 4.58 Å². The van der Waals surface area contributed by atoms with Crippen molar-refractivity contribution in [1.29, 1.82) is 0 Å². The third kappa shape index (κ3) is 7.34. The molecule has 2 aromatic rings. The van der Waals surface area contributed by atoms with Crippen molar-refractivity contribution in [2.24, 2.45) is 0 Å². The van der Waals surface area contributed by atoms with Crippen LogP contribution in [0.15, 0.2) is 65.1 Å². The number of hydrogen-bond donors (Lipinski definition) is 1. The van der Waals surface area contributed by atoms with E-state index in [-0.39, 0.29) is 18.2 Å². The lowest BCUT2D eigenvalue weighted by Crippen LogP contribution is -2.50. The van der Waals surface area contributed by atoms with E-state index in [0.717, 1.165) is 70.6 Å². The molecule has 0 atom stereocenters. The van der Waals surface area contributed by atoms with Gasteiger partial charge in [-0.2, -0.15) is 0 Å². The first-order valence-corrected chi connectivity index (χ1v) is 17.0. The summed E-state index contributed by atoms with van der Waals surface area (Å²) in [5.74, 6) is -0.117. The van der Waals surface area contributed by atoms with Crippen molar-refractivity contribution < 1.29 is 23.9 Å². The van der Waals surface area contributed by atoms with Gasteiger partial charge in [-0.3, -0.25) is 14.4 Å². The van der Waals surface area contributed by atoms with E-state index >= 15 is 0 Å². The first-order chi connectivity index (χ1) is 22.8. The van der Waals surface area contributed by atoms with Crippen LogP contribution in [0.25, 0.3) is 33.4 Å². The summed E-state index contributed by atoms with van der Waals surface area (Å²) in [5.41, 5.74) is 5.25. The Labute approximate surface area is 277 Å². The number of carbonyl (C=O) groups excluding carboxylic acids is 2. The summed E-state index contributed by atoms with van der Waals surface area (Å²) < 4.78 is 8.95. The smallest absolute Gasteiger partial charge is 0.303 e. The molecule has 0 spiro atoms. The molecule has 2 aromatic carbocycles. The number of carboxylic acid groups (broad SMARTS) is 1. The molecule has 0 bridgehead atoms. The molecule has 1 saturated heterocycles. The molecule has 9 heteroatoms. The van der Waals surface area contributed by atoms with Crippen LogP contribution in [-0.2, 0) is 9.59 Å². The molecular formula is C38H47N4O5+. The standard InChI is InChI=1S/C38H46N4O5/c1-5-39(6-2)27-17-19-31-33(25-27)47-34-26-28(40(7-3)8-4)18-20-32(34)37(31)29-13-9-10-14-30(29)38(46)42-23-21-41(22-24-42)35(43)15-11-12-16-36(44)45/h9-10,13-14,17-20,25-26H,5-8,11-12,15-16,21-24H2,1-4H3/p+1. The highest BCUT2D eigenvalue weighted by atomic mass is 16.4. The van der Waals surface area contributed by atoms with E-state index in [0.29, 0.717) is 51.0 Å². The number of nitrogens with zero attached hydrogens (tertiary/aromatic N) is 4. The van der Waals surface area contributed by atoms with E-state index in [1.54, 1.807) is 4.90 Å². The fraction of sp³-hybridized carbons (Fsp3) is 0.421. The van der Waals surface area contributed by atoms with E-state index < -0.39 is 5.97 Å². The highest BCUT2D eigenvalue weighted by Crippen LogP contribution is 2.42. The maximum atomic E-state index is 14.2. The summed E-state index contributed by atoms with van der Waals surface area (Å²) in [6.45, 7) is 13.9. The summed E-state index contributed by atoms with van der Waals surface area (Å²) in [4.78, 5) is 43.6. The minimum Gasteiger partial charge on any atom is -0.481 e. The van der Waals surface area contributed by atoms with Crippen LogP contribution in [0.3, 0.4) is 0 Å². The van der Waals surface area contributed by atoms with Crippen molar-refractivity contribution in [3.05, 3.63) is 71.6 Å². The quantitative estimate of drug-likeness (QED) is 0.120. The van der Waals surface area contributed by atoms with Crippen molar-refractivity contribution >= 4 is 34.4 Å². The Morgan fingerprint density at radius 1 is 0.809 bits per heavy atom. The summed E-state index contributed by atoms with van der Waals surface area (Å²) in [5, 5.41) is 10.9. The Morgan fingerprint density at radius 3 is 2.17 bits per heavy atom. The predicted octanol–water partition coefficient (Wildman–Crippen LogP) is 5.79. The largest absolute Gasteiger partial charge is 0.481 e. The predicted molar refractivity (Wildman–Crippen MR) is 187 cm³/mol. The lowest BCUT2D eigenvalue weighted by molar-refractivity contribution is -0.137. The van der Waals surface area contributed by atoms with Gasteiger partial charge in [-0.1, -0.05) is 18.2 Å². The number of rotatable bonds is 12. The van der Waals surface area contributed by atoms with Crippen LogP contribution in [0.1, 0.15) is 63.7 Å². The normalized spacial score (nSPS) is 13.3. The highest BCUT2D eigenvalue weighted by molar-refractivity contribution is 6.09. The van der Waals surface area contributed by atoms with E-state index in [1.165, 1.54) is 0 Å². The number of piperazine rings is 1. The Hall–Kier alpha value is -4.66. The van der Waals surface area contributed by atoms with Gasteiger partial charge < -0.3 is 24.2 Å². The number of carboxylic acids is 1. The van der Waals surface area contributed by atoms with E-state index in [9.17, 15) is 14.4 Å². The number of unbranched alkanes of at least 4 members (excludes halogenated alkanes) is 1. The number of anilines is 1. The molecule has 2 aliphatic heterocycles. The maximum Gasteiger partial charge on any atom is 0.303 e. The van der Waals surface area contributed by atoms with Crippen molar-refractivity contribution in [3.8, 4) is 22.5 Å². The van der Waals surface area contributed by atoms with Gasteiger partial charge in [0.25, 0.3) is 5.91 Å². The van der Waals surface area contributed by atoms with Gasteiger partial charge in [-0.15, -0.1) is 0 Å². The Bertz CT molecular complexity index is 1780. The Balaban J connectivity index is 1.52. The number of aliphatic carboxylic acids is 1. The van der Waals surface area contributed by atoms with Crippen LogP contribution in [0.4, 0.5) is 5.69 Å². The monoisotopic (exact) mass is 639 g/mol. The molecule has 47 heavy (non-hydrogen) atoms. The summed E-state index contributed by atoms with van der Waals surface area (Å²) >= 11 is 0. The van der Waals surface area contributed by atoms with Crippen LogP contribution < -0.4 is 14.8 Å². The molecule has 0 aromatic heterocycles. The zero-order chi connectivity index (χ0) is 33.5. The maximum absolute atomic E-state index is 14.2. The molecule has 248 valence electrons. The first kappa shape index (κ1) is 33.7. The van der Waals surface area contributed by atoms with Crippen LogP contribution in [0.5, 0.6) is 0 Å². The molecule has 9 nitrogen and oxygen atoms in total. The second-order valence-corrected chi connectivity index (χ2v) is 12.0. The molecule has 1 fully saturated rings. The zero-order valence-corrected chi connectivity index (χ0v) is 28.1. The van der Waals surface area contributed by atoms with Crippen LogP contribution >= 0.6 is 0 Å². The van der Waals surface area contributed by atoms with Crippen molar-refractivity contribution in [3.63, 3.8) is 0 Å². The van der Waals surface area contributed by atoms with Gasteiger partial charge in [0.2, 0.25) is 11.3 Å². The van der Waals surface area contributed by atoms with Gasteiger partial charge in [0, 0.05) is 92.0 Å². The number of hydrogen-bond acceptors (Lipinski definition) is 5. The molecule has 2 heterocycles. The second-order valence-electron chi connectivity index (χ2n) is 12.0. The molecule has 1 aliphatic carbocycles. The molecule has 1 N–H and O–H groups in total. The number of benzene rings is 3. The van der Waals surface area contributed by atoms with Gasteiger partial charge in [-0.05, 0) is 70.4 Å². The topological polar surface area (TPSA) is 97.3 Å². The van der Waals surface area contributed by atoms with Gasteiger partial charge in [0.05, 0.1) is 6.07 Å². The van der Waals surface area contributed by atoms with Gasteiger partial charge in [0.15, 0.2) is 0 Å². The number of fused-ring (bicyclic) bond motifs is 2. The Morgan fingerprint density at radius 2 is 1.49 bits per heavy atom. The highest BCUT2D eigenvalue weighted by Gasteiger charge is 2.28. The number of amides is 2. The average Bonchev–Trinajstić information content (AvgIpc) is 3.09. The third-order valence-electron chi connectivity index (χ3n) is 9.32. The minimum absolute atomic E-state index is 0.0158. The Kier molecular flexibility index (Phi) is 11.0. The fourth-order valence-corrected chi connectivity index (χ4v) is 6.66. The molecular weight excluding hydrogens is 592 g/mol. The first-order valence-electron chi connectivity index (χ1n) is 17.0. The second kappa shape index (κ2) is 15.3. The third-order valence-corrected chi connectivity index (χ3v) is 9.32. The lowest BCUT2D eigenvalue weighted by Gasteiger charge is -2.35. The fourth-order valence-electron chi connectivity index (χ4n) is 6.66. The van der Waals surface area contributed by atoms with Gasteiger partial charge >= 0.3 is 5.97 Å². The molecule has 2 amide bonds. The molecule has 3 aliphatic rings. The number of carbonyl (C=O) groups is 3. The molecule has 0 unspecified atom stereocenters. The van der Waals surface area contributed by atoms with Crippen LogP contribution in [0.2, 0.25) is 0 Å². The molecule has 0 radical (unpaired) electrons. The molecule has 5 rings (SSSR count). The van der Waals surface area contributed by atoms with Crippen LogP contribution in [0, 0.1) is 0 Å². The summed E-state index contributed by atoms with van der Waals surface area (Å²) in [6.07, 6.45) is 1.44. The van der Waals surface area contributed by atoms with E-state index in [4.69, 9.17) is 9.52 Å². The average molecular weight is 640 g/mol. The molecule has 0 saturated carbocycles. The summed E-state index contributed by atoms with van der Waals surface area (Å²) in [7, 11) is 0. The zero-order valence-electron chi connectivity index (χ0n) is 28.1. The SMILES string of the molecule is CCN(CC)c1ccc2c(-c3ccccc3C(=O)N3CCN(C(=O)CCCCC(=O)O)CC3)c3ccc(=[N+](CC)CC)cc-3oc2c1. The van der Waals surface area contributed by atoms with Crippen molar-refractivity contribution in [2.75, 3.05) is 57.3 Å². The van der Waals surface area contributed by atoms with Gasteiger partial charge in [0.1, 0.15) is 24.4 Å². The van der Waals surface area contributed by atoms with Crippen molar-refractivity contribution in [2.45, 2.75) is 53.4 Å².